The van der Waals surface area contributed by atoms with Crippen LogP contribution in [-0.2, 0) is 11.2 Å². The van der Waals surface area contributed by atoms with E-state index in [4.69, 9.17) is 0 Å². The summed E-state index contributed by atoms with van der Waals surface area (Å²) in [6, 6.07) is 5.85. The molecule has 1 aromatic heterocycles. The summed E-state index contributed by atoms with van der Waals surface area (Å²) < 4.78 is 0. The first-order valence-corrected chi connectivity index (χ1v) is 6.60. The zero-order valence-corrected chi connectivity index (χ0v) is 13.4. The molecule has 6 heteroatoms. The van der Waals surface area contributed by atoms with Gasteiger partial charge >= 0.3 is 0 Å². The number of halogens is 2. The van der Waals surface area contributed by atoms with Crippen LogP contribution in [0.5, 0.6) is 0 Å². The Bertz CT molecular complexity index is 395. The molecule has 20 heavy (non-hydrogen) atoms. The lowest BCUT2D eigenvalue weighted by Crippen LogP contribution is -2.49. The van der Waals surface area contributed by atoms with Crippen LogP contribution in [-0.4, -0.2) is 30.5 Å². The van der Waals surface area contributed by atoms with E-state index in [-0.39, 0.29) is 36.1 Å². The second-order valence-corrected chi connectivity index (χ2v) is 5.17. The van der Waals surface area contributed by atoms with Crippen molar-refractivity contribution in [2.24, 2.45) is 5.41 Å². The van der Waals surface area contributed by atoms with Crippen LogP contribution < -0.4 is 10.6 Å². The maximum atomic E-state index is 12.1. The summed E-state index contributed by atoms with van der Waals surface area (Å²) in [7, 11) is 0. The van der Waals surface area contributed by atoms with Crippen LogP contribution in [0.25, 0.3) is 0 Å². The van der Waals surface area contributed by atoms with Gasteiger partial charge in [-0.3, -0.25) is 9.78 Å². The molecule has 114 valence electrons. The molecule has 2 rings (SSSR count). The molecule has 1 fully saturated rings. The smallest absolute Gasteiger partial charge is 0.227 e. The SMILES string of the molecule is CC1(C(=O)NCCc2ccccn2)CCCNC1.Cl.Cl. The Morgan fingerprint density at radius 1 is 1.45 bits per heavy atom. The van der Waals surface area contributed by atoms with E-state index < -0.39 is 0 Å². The monoisotopic (exact) mass is 319 g/mol. The molecular weight excluding hydrogens is 297 g/mol. The van der Waals surface area contributed by atoms with Crippen molar-refractivity contribution in [1.29, 1.82) is 0 Å². The quantitative estimate of drug-likeness (QED) is 0.892. The molecule has 1 atom stereocenters. The minimum absolute atomic E-state index is 0. The molecule has 1 aliphatic heterocycles. The van der Waals surface area contributed by atoms with Crippen LogP contribution in [0.3, 0.4) is 0 Å². The van der Waals surface area contributed by atoms with E-state index in [9.17, 15) is 4.79 Å². The number of carbonyl (C=O) groups is 1. The van der Waals surface area contributed by atoms with Crippen molar-refractivity contribution in [3.8, 4) is 0 Å². The number of hydrogen-bond acceptors (Lipinski definition) is 3. The molecule has 0 aromatic carbocycles. The molecule has 1 aliphatic rings. The van der Waals surface area contributed by atoms with Crippen LogP contribution >= 0.6 is 24.8 Å². The molecule has 4 nitrogen and oxygen atoms in total. The first-order chi connectivity index (χ1) is 8.71. The largest absolute Gasteiger partial charge is 0.355 e. The summed E-state index contributed by atoms with van der Waals surface area (Å²) in [4.78, 5) is 16.4. The van der Waals surface area contributed by atoms with Crippen molar-refractivity contribution in [3.05, 3.63) is 30.1 Å². The fraction of sp³-hybridized carbons (Fsp3) is 0.571. The van der Waals surface area contributed by atoms with Crippen molar-refractivity contribution >= 4 is 30.7 Å². The highest BCUT2D eigenvalue weighted by molar-refractivity contribution is 5.85. The minimum Gasteiger partial charge on any atom is -0.355 e. The van der Waals surface area contributed by atoms with Gasteiger partial charge in [-0.1, -0.05) is 6.07 Å². The molecule has 0 radical (unpaired) electrons. The number of amides is 1. The number of piperidine rings is 1. The van der Waals surface area contributed by atoms with Gasteiger partial charge in [0.1, 0.15) is 0 Å². The Hall–Kier alpha value is -0.840. The van der Waals surface area contributed by atoms with Crippen molar-refractivity contribution in [1.82, 2.24) is 15.6 Å². The average molecular weight is 320 g/mol. The second-order valence-electron chi connectivity index (χ2n) is 5.17. The zero-order chi connectivity index (χ0) is 12.8. The van der Waals surface area contributed by atoms with Gasteiger partial charge in [-0.05, 0) is 38.4 Å². The summed E-state index contributed by atoms with van der Waals surface area (Å²) in [5.41, 5.74) is 0.771. The zero-order valence-electron chi connectivity index (χ0n) is 11.7. The Labute approximate surface area is 132 Å². The van der Waals surface area contributed by atoms with E-state index in [0.29, 0.717) is 6.54 Å². The Kier molecular flexibility index (Phi) is 8.78. The van der Waals surface area contributed by atoms with Crippen molar-refractivity contribution in [3.63, 3.8) is 0 Å². The molecular formula is C14H23Cl2N3O. The van der Waals surface area contributed by atoms with Gasteiger partial charge in [0.15, 0.2) is 0 Å². The van der Waals surface area contributed by atoms with E-state index >= 15 is 0 Å². The number of nitrogens with zero attached hydrogens (tertiary/aromatic N) is 1. The number of nitrogens with one attached hydrogen (secondary N) is 2. The van der Waals surface area contributed by atoms with E-state index in [1.807, 2.05) is 25.1 Å². The van der Waals surface area contributed by atoms with Gasteiger partial charge in [0, 0.05) is 31.4 Å². The molecule has 0 spiro atoms. The van der Waals surface area contributed by atoms with Crippen LogP contribution in [0.2, 0.25) is 0 Å². The molecule has 0 bridgehead atoms. The molecule has 1 unspecified atom stereocenters. The van der Waals surface area contributed by atoms with Gasteiger partial charge in [0.25, 0.3) is 0 Å². The Balaban J connectivity index is 0.00000180. The first-order valence-electron chi connectivity index (χ1n) is 6.60. The van der Waals surface area contributed by atoms with Gasteiger partial charge in [-0.25, -0.2) is 0 Å². The predicted molar refractivity (Wildman–Crippen MR) is 85.7 cm³/mol. The number of rotatable bonds is 4. The van der Waals surface area contributed by atoms with E-state index in [1.165, 1.54) is 0 Å². The summed E-state index contributed by atoms with van der Waals surface area (Å²) in [5, 5.41) is 6.31. The van der Waals surface area contributed by atoms with Crippen molar-refractivity contribution < 1.29 is 4.79 Å². The lowest BCUT2D eigenvalue weighted by atomic mass is 9.82. The van der Waals surface area contributed by atoms with Gasteiger partial charge < -0.3 is 10.6 Å². The van der Waals surface area contributed by atoms with Gasteiger partial charge in [-0.15, -0.1) is 24.8 Å². The summed E-state index contributed by atoms with van der Waals surface area (Å²) in [6.07, 6.45) is 4.61. The third-order valence-electron chi connectivity index (χ3n) is 3.54. The van der Waals surface area contributed by atoms with Gasteiger partial charge in [-0.2, -0.15) is 0 Å². The third-order valence-corrected chi connectivity index (χ3v) is 3.54. The number of carbonyl (C=O) groups excluding carboxylic acids is 1. The molecule has 1 saturated heterocycles. The van der Waals surface area contributed by atoms with Crippen LogP contribution in [0, 0.1) is 5.41 Å². The van der Waals surface area contributed by atoms with E-state index in [1.54, 1.807) is 6.20 Å². The number of pyridine rings is 1. The summed E-state index contributed by atoms with van der Waals surface area (Å²) >= 11 is 0. The summed E-state index contributed by atoms with van der Waals surface area (Å²) in [5.74, 6) is 0.158. The van der Waals surface area contributed by atoms with Crippen LogP contribution in [0.1, 0.15) is 25.5 Å². The average Bonchev–Trinajstić information content (AvgIpc) is 2.41. The fourth-order valence-corrected chi connectivity index (χ4v) is 2.31. The number of aromatic nitrogens is 1. The highest BCUT2D eigenvalue weighted by atomic mass is 35.5. The lowest BCUT2D eigenvalue weighted by Gasteiger charge is -2.32. The highest BCUT2D eigenvalue weighted by Crippen LogP contribution is 2.25. The van der Waals surface area contributed by atoms with Gasteiger partial charge in [0.2, 0.25) is 5.91 Å². The van der Waals surface area contributed by atoms with Crippen molar-refractivity contribution in [2.45, 2.75) is 26.2 Å². The molecule has 1 amide bonds. The van der Waals surface area contributed by atoms with Gasteiger partial charge in [0.05, 0.1) is 5.41 Å². The third kappa shape index (κ3) is 5.27. The minimum atomic E-state index is -0.248. The van der Waals surface area contributed by atoms with Crippen molar-refractivity contribution in [2.75, 3.05) is 19.6 Å². The first kappa shape index (κ1) is 19.2. The fourth-order valence-electron chi connectivity index (χ4n) is 2.31. The maximum Gasteiger partial charge on any atom is 0.227 e. The Morgan fingerprint density at radius 3 is 2.85 bits per heavy atom. The molecule has 1 aromatic rings. The lowest BCUT2D eigenvalue weighted by molar-refractivity contribution is -0.131. The normalized spacial score (nSPS) is 21.2. The molecule has 0 saturated carbocycles. The molecule has 0 aliphatic carbocycles. The number of hydrogen-bond donors (Lipinski definition) is 2. The predicted octanol–water partition coefficient (Wildman–Crippen LogP) is 1.97. The topological polar surface area (TPSA) is 54.0 Å². The molecule has 2 heterocycles. The van der Waals surface area contributed by atoms with Crippen LogP contribution in [0.4, 0.5) is 0 Å². The highest BCUT2D eigenvalue weighted by Gasteiger charge is 2.34. The van der Waals surface area contributed by atoms with E-state index in [2.05, 4.69) is 15.6 Å². The standard InChI is InChI=1S/C14H21N3O.2ClH/c1-14(7-4-8-15-11-14)13(18)17-10-6-12-5-2-3-9-16-12;;/h2-3,5,9,15H,4,6-8,10-11H2,1H3,(H,17,18);2*1H. The second kappa shape index (κ2) is 9.16. The van der Waals surface area contributed by atoms with E-state index in [0.717, 1.165) is 38.0 Å². The van der Waals surface area contributed by atoms with Crippen LogP contribution in [0.15, 0.2) is 24.4 Å². The summed E-state index contributed by atoms with van der Waals surface area (Å²) in [6.45, 7) is 4.50. The molecule has 2 N–H and O–H groups in total. The maximum absolute atomic E-state index is 12.1. The Morgan fingerprint density at radius 2 is 2.25 bits per heavy atom.